The van der Waals surface area contributed by atoms with Gasteiger partial charge in [0.2, 0.25) is 0 Å². The summed E-state index contributed by atoms with van der Waals surface area (Å²) in [4.78, 5) is 31.1. The number of para-hydroxylation sites is 4. The quantitative estimate of drug-likeness (QED) is 0.531. The zero-order valence-corrected chi connectivity index (χ0v) is 18.6. The van der Waals surface area contributed by atoms with Crippen LogP contribution in [-0.2, 0) is 16.0 Å². The van der Waals surface area contributed by atoms with Crippen LogP contribution in [0.3, 0.4) is 0 Å². The fourth-order valence-electron chi connectivity index (χ4n) is 4.57. The van der Waals surface area contributed by atoms with Crippen molar-refractivity contribution in [3.05, 3.63) is 89.6 Å². The Morgan fingerprint density at radius 3 is 2.24 bits per heavy atom. The molecule has 0 atom stereocenters. The van der Waals surface area contributed by atoms with E-state index in [0.717, 1.165) is 17.7 Å². The van der Waals surface area contributed by atoms with Crippen LogP contribution in [0.15, 0.2) is 78.5 Å². The Bertz CT molecular complexity index is 1280. The zero-order chi connectivity index (χ0) is 22.9. The lowest BCUT2D eigenvalue weighted by molar-refractivity contribution is -0.120. The number of imide groups is 1. The van der Waals surface area contributed by atoms with Crippen molar-refractivity contribution >= 4 is 28.8 Å². The molecule has 0 radical (unpaired) electrons. The second-order valence-electron chi connectivity index (χ2n) is 7.80. The summed E-state index contributed by atoms with van der Waals surface area (Å²) >= 11 is 0. The van der Waals surface area contributed by atoms with Crippen LogP contribution in [0.25, 0.3) is 5.57 Å². The van der Waals surface area contributed by atoms with Gasteiger partial charge in [0, 0.05) is 17.8 Å². The molecule has 0 saturated carbocycles. The molecule has 0 unspecified atom stereocenters. The molecule has 0 bridgehead atoms. The minimum absolute atomic E-state index is 0.334. The molecule has 2 amide bonds. The maximum Gasteiger partial charge on any atom is 0.282 e. The van der Waals surface area contributed by atoms with Crippen molar-refractivity contribution in [2.45, 2.75) is 13.3 Å². The lowest BCUT2D eigenvalue weighted by Crippen LogP contribution is -2.35. The number of hydrogen-bond donors (Lipinski definition) is 0. The largest absolute Gasteiger partial charge is 0.496 e. The van der Waals surface area contributed by atoms with Crippen molar-refractivity contribution < 1.29 is 19.1 Å². The van der Waals surface area contributed by atoms with E-state index in [1.54, 1.807) is 31.4 Å². The molecule has 0 aromatic heterocycles. The molecule has 0 N–H and O–H groups in total. The Balaban J connectivity index is 1.71. The van der Waals surface area contributed by atoms with Crippen LogP contribution < -0.4 is 19.3 Å². The van der Waals surface area contributed by atoms with Gasteiger partial charge >= 0.3 is 0 Å². The van der Waals surface area contributed by atoms with Gasteiger partial charge in [-0.1, -0.05) is 48.5 Å². The molecule has 2 aliphatic rings. The van der Waals surface area contributed by atoms with Gasteiger partial charge in [-0.3, -0.25) is 9.59 Å². The van der Waals surface area contributed by atoms with Gasteiger partial charge < -0.3 is 14.4 Å². The number of methoxy groups -OCH3 is 1. The molecule has 0 saturated heterocycles. The third-order valence-corrected chi connectivity index (χ3v) is 6.00. The van der Waals surface area contributed by atoms with E-state index in [1.807, 2.05) is 54.3 Å². The van der Waals surface area contributed by atoms with Gasteiger partial charge in [-0.05, 0) is 43.2 Å². The summed E-state index contributed by atoms with van der Waals surface area (Å²) in [5.74, 6) is 0.267. The van der Waals surface area contributed by atoms with Crippen molar-refractivity contribution in [2.75, 3.05) is 30.1 Å². The van der Waals surface area contributed by atoms with Crippen LogP contribution in [-0.4, -0.2) is 32.1 Å². The second kappa shape index (κ2) is 8.47. The van der Waals surface area contributed by atoms with Crippen LogP contribution in [0.2, 0.25) is 0 Å². The van der Waals surface area contributed by atoms with Gasteiger partial charge in [0.15, 0.2) is 0 Å². The fourth-order valence-corrected chi connectivity index (χ4v) is 4.57. The Labute approximate surface area is 192 Å². The number of anilines is 2. The van der Waals surface area contributed by atoms with Crippen LogP contribution in [0.1, 0.15) is 18.1 Å². The zero-order valence-electron chi connectivity index (χ0n) is 18.6. The molecular formula is C27H24N2O4. The molecule has 33 heavy (non-hydrogen) atoms. The Kier molecular flexibility index (Phi) is 5.34. The van der Waals surface area contributed by atoms with Gasteiger partial charge in [-0.2, -0.15) is 0 Å². The molecule has 3 aromatic rings. The first kappa shape index (κ1) is 20.8. The topological polar surface area (TPSA) is 59.1 Å². The number of nitrogens with zero attached hydrogens (tertiary/aromatic N) is 2. The van der Waals surface area contributed by atoms with Crippen LogP contribution in [0.5, 0.6) is 11.5 Å². The predicted octanol–water partition coefficient (Wildman–Crippen LogP) is 4.44. The Hall–Kier alpha value is -4.06. The summed E-state index contributed by atoms with van der Waals surface area (Å²) in [6.45, 7) is 2.91. The SMILES string of the molecule is CCOc1ccccc1N1C(=O)C(c2ccccc2OC)=C(N2CCc3ccccc32)C1=O. The van der Waals surface area contributed by atoms with Crippen molar-refractivity contribution in [1.29, 1.82) is 0 Å². The first-order valence-electron chi connectivity index (χ1n) is 11.0. The highest BCUT2D eigenvalue weighted by molar-refractivity contribution is 6.47. The molecule has 5 rings (SSSR count). The first-order valence-corrected chi connectivity index (χ1v) is 11.0. The van der Waals surface area contributed by atoms with Crippen molar-refractivity contribution in [2.24, 2.45) is 0 Å². The number of amides is 2. The van der Waals surface area contributed by atoms with Crippen LogP contribution >= 0.6 is 0 Å². The van der Waals surface area contributed by atoms with Crippen LogP contribution in [0.4, 0.5) is 11.4 Å². The summed E-state index contributed by atoms with van der Waals surface area (Å²) in [5.41, 5.74) is 3.82. The predicted molar refractivity (Wildman–Crippen MR) is 128 cm³/mol. The number of carbonyl (C=O) groups excluding carboxylic acids is 2. The number of carbonyl (C=O) groups is 2. The molecule has 2 aliphatic heterocycles. The standard InChI is InChI=1S/C27H24N2O4/c1-3-33-23-15-9-7-13-21(23)29-26(30)24(19-11-5-8-14-22(19)32-2)25(27(29)31)28-17-16-18-10-4-6-12-20(18)28/h4-15H,3,16-17H2,1-2H3. The third kappa shape index (κ3) is 3.35. The second-order valence-corrected chi connectivity index (χ2v) is 7.80. The minimum Gasteiger partial charge on any atom is -0.496 e. The third-order valence-electron chi connectivity index (χ3n) is 6.00. The normalized spacial score (nSPS) is 15.3. The molecule has 166 valence electrons. The van der Waals surface area contributed by atoms with E-state index >= 15 is 0 Å². The highest BCUT2D eigenvalue weighted by Crippen LogP contribution is 2.43. The Morgan fingerprint density at radius 1 is 0.818 bits per heavy atom. The molecular weight excluding hydrogens is 416 g/mol. The minimum atomic E-state index is -0.393. The summed E-state index contributed by atoms with van der Waals surface area (Å²) < 4.78 is 11.3. The van der Waals surface area contributed by atoms with Crippen molar-refractivity contribution in [3.63, 3.8) is 0 Å². The molecule has 6 nitrogen and oxygen atoms in total. The van der Waals surface area contributed by atoms with E-state index < -0.39 is 5.91 Å². The maximum absolute atomic E-state index is 14.0. The molecule has 0 fully saturated rings. The molecule has 6 heteroatoms. The lowest BCUT2D eigenvalue weighted by atomic mass is 10.0. The van der Waals surface area contributed by atoms with Gasteiger partial charge in [0.1, 0.15) is 17.2 Å². The van der Waals surface area contributed by atoms with Gasteiger partial charge in [0.25, 0.3) is 11.8 Å². The van der Waals surface area contributed by atoms with E-state index in [9.17, 15) is 9.59 Å². The van der Waals surface area contributed by atoms with E-state index in [-0.39, 0.29) is 5.91 Å². The highest BCUT2D eigenvalue weighted by atomic mass is 16.5. The fraction of sp³-hybridized carbons (Fsp3) is 0.185. The van der Waals surface area contributed by atoms with Gasteiger partial charge in [-0.25, -0.2) is 4.90 Å². The number of ether oxygens (including phenoxy) is 2. The van der Waals surface area contributed by atoms with Gasteiger partial charge in [0.05, 0.1) is 25.0 Å². The first-order chi connectivity index (χ1) is 16.2. The van der Waals surface area contributed by atoms with Gasteiger partial charge in [-0.15, -0.1) is 0 Å². The Morgan fingerprint density at radius 2 is 1.48 bits per heavy atom. The smallest absolute Gasteiger partial charge is 0.282 e. The molecule has 2 heterocycles. The van der Waals surface area contributed by atoms with E-state index in [1.165, 1.54) is 4.90 Å². The number of fused-ring (bicyclic) bond motifs is 1. The average molecular weight is 440 g/mol. The number of benzene rings is 3. The summed E-state index contributed by atoms with van der Waals surface area (Å²) in [7, 11) is 1.56. The monoisotopic (exact) mass is 440 g/mol. The van der Waals surface area contributed by atoms with Crippen LogP contribution in [0, 0.1) is 0 Å². The van der Waals surface area contributed by atoms with E-state index in [0.29, 0.717) is 47.2 Å². The molecule has 3 aromatic carbocycles. The van der Waals surface area contributed by atoms with Crippen molar-refractivity contribution in [1.82, 2.24) is 0 Å². The number of rotatable bonds is 6. The van der Waals surface area contributed by atoms with E-state index in [2.05, 4.69) is 6.07 Å². The van der Waals surface area contributed by atoms with E-state index in [4.69, 9.17) is 9.47 Å². The highest BCUT2D eigenvalue weighted by Gasteiger charge is 2.45. The van der Waals surface area contributed by atoms with Crippen molar-refractivity contribution in [3.8, 4) is 11.5 Å². The maximum atomic E-state index is 14.0. The molecule has 0 spiro atoms. The summed E-state index contributed by atoms with van der Waals surface area (Å²) in [6.07, 6.45) is 0.801. The summed E-state index contributed by atoms with van der Waals surface area (Å²) in [5, 5.41) is 0. The summed E-state index contributed by atoms with van der Waals surface area (Å²) in [6, 6.07) is 22.4. The average Bonchev–Trinajstić information content (AvgIpc) is 3.37. The molecule has 0 aliphatic carbocycles. The number of hydrogen-bond acceptors (Lipinski definition) is 5. The lowest BCUT2D eigenvalue weighted by Gasteiger charge is -2.22.